The van der Waals surface area contributed by atoms with Crippen LogP contribution in [0.15, 0.2) is 0 Å². The van der Waals surface area contributed by atoms with E-state index in [4.69, 9.17) is 9.94 Å². The first kappa shape index (κ1) is 13.9. The molecule has 0 saturated carbocycles. The largest absolute Gasteiger partial charge is 0.396 e. The molecule has 0 atom stereocenters. The number of unbranched alkanes of at least 4 members (excludes halogenated alkanes) is 2. The zero-order valence-electron chi connectivity index (χ0n) is 9.67. The molecule has 0 saturated heterocycles. The molecule has 3 heteroatoms. The molecule has 0 heterocycles. The average molecular weight is 203 g/mol. The molecule has 0 aromatic heterocycles. The van der Waals surface area contributed by atoms with E-state index in [1.165, 1.54) is 25.7 Å². The Balaban J connectivity index is 3.49. The number of nitrogens with zero attached hydrogens (tertiary/aromatic N) is 1. The van der Waals surface area contributed by atoms with E-state index in [0.717, 1.165) is 19.5 Å². The SMILES string of the molecule is CCCCN(CCCC)OCCCO. The average Bonchev–Trinajstić information content (AvgIpc) is 2.21. The Kier molecular flexibility index (Phi) is 10.9. The van der Waals surface area contributed by atoms with Crippen LogP contribution in [0.1, 0.15) is 46.0 Å². The fourth-order valence-electron chi connectivity index (χ4n) is 1.17. The lowest BCUT2D eigenvalue weighted by molar-refractivity contribution is -0.162. The van der Waals surface area contributed by atoms with Gasteiger partial charge in [0, 0.05) is 19.7 Å². The standard InChI is InChI=1S/C11H25NO2/c1-3-5-8-12(9-6-4-2)14-11-7-10-13/h13H,3-11H2,1-2H3. The smallest absolute Gasteiger partial charge is 0.0706 e. The summed E-state index contributed by atoms with van der Waals surface area (Å²) in [5.74, 6) is 0. The third-order valence-electron chi connectivity index (χ3n) is 2.10. The number of hydroxylamine groups is 2. The van der Waals surface area contributed by atoms with Gasteiger partial charge in [0.1, 0.15) is 0 Å². The molecule has 0 radical (unpaired) electrons. The highest BCUT2D eigenvalue weighted by atomic mass is 16.7. The van der Waals surface area contributed by atoms with Crippen molar-refractivity contribution in [2.45, 2.75) is 46.0 Å². The van der Waals surface area contributed by atoms with Gasteiger partial charge in [-0.25, -0.2) is 0 Å². The van der Waals surface area contributed by atoms with E-state index in [-0.39, 0.29) is 6.61 Å². The molecule has 0 fully saturated rings. The lowest BCUT2D eigenvalue weighted by Gasteiger charge is -2.21. The molecule has 0 aliphatic carbocycles. The minimum absolute atomic E-state index is 0.218. The van der Waals surface area contributed by atoms with Gasteiger partial charge in [-0.05, 0) is 19.3 Å². The summed E-state index contributed by atoms with van der Waals surface area (Å²) in [6.45, 7) is 7.26. The van der Waals surface area contributed by atoms with E-state index >= 15 is 0 Å². The molecule has 0 bridgehead atoms. The second-order valence-corrected chi connectivity index (χ2v) is 3.55. The van der Waals surface area contributed by atoms with Crippen LogP contribution >= 0.6 is 0 Å². The van der Waals surface area contributed by atoms with Crippen molar-refractivity contribution in [2.75, 3.05) is 26.3 Å². The van der Waals surface area contributed by atoms with Crippen molar-refractivity contribution in [1.29, 1.82) is 0 Å². The van der Waals surface area contributed by atoms with E-state index in [2.05, 4.69) is 13.8 Å². The van der Waals surface area contributed by atoms with Crippen molar-refractivity contribution in [1.82, 2.24) is 5.06 Å². The second-order valence-electron chi connectivity index (χ2n) is 3.55. The van der Waals surface area contributed by atoms with Crippen molar-refractivity contribution >= 4 is 0 Å². The summed E-state index contributed by atoms with van der Waals surface area (Å²) in [6, 6.07) is 0. The molecule has 3 nitrogen and oxygen atoms in total. The zero-order chi connectivity index (χ0) is 10.6. The monoisotopic (exact) mass is 203 g/mol. The minimum Gasteiger partial charge on any atom is -0.396 e. The molecule has 14 heavy (non-hydrogen) atoms. The molecule has 0 aliphatic heterocycles. The van der Waals surface area contributed by atoms with Crippen molar-refractivity contribution in [3.05, 3.63) is 0 Å². The number of hydrogen-bond donors (Lipinski definition) is 1. The van der Waals surface area contributed by atoms with Crippen LogP contribution in [0.4, 0.5) is 0 Å². The van der Waals surface area contributed by atoms with Crippen LogP contribution in [0.25, 0.3) is 0 Å². The van der Waals surface area contributed by atoms with Gasteiger partial charge in [0.15, 0.2) is 0 Å². The molecular weight excluding hydrogens is 178 g/mol. The highest BCUT2D eigenvalue weighted by molar-refractivity contribution is 4.47. The van der Waals surface area contributed by atoms with Crippen LogP contribution < -0.4 is 0 Å². The Morgan fingerprint density at radius 1 is 1.00 bits per heavy atom. The number of aliphatic hydroxyl groups is 1. The predicted molar refractivity (Wildman–Crippen MR) is 59.0 cm³/mol. The normalized spacial score (nSPS) is 11.1. The van der Waals surface area contributed by atoms with Crippen molar-refractivity contribution in [3.63, 3.8) is 0 Å². The molecule has 1 N–H and O–H groups in total. The first-order valence-corrected chi connectivity index (χ1v) is 5.83. The molecule has 0 spiro atoms. The first-order valence-electron chi connectivity index (χ1n) is 5.83. The van der Waals surface area contributed by atoms with Crippen molar-refractivity contribution in [3.8, 4) is 0 Å². The Hall–Kier alpha value is -0.120. The third kappa shape index (κ3) is 8.48. The molecule has 0 aromatic rings. The number of hydrogen-bond acceptors (Lipinski definition) is 3. The fraction of sp³-hybridized carbons (Fsp3) is 1.00. The fourth-order valence-corrected chi connectivity index (χ4v) is 1.17. The van der Waals surface area contributed by atoms with Crippen LogP contribution in [-0.4, -0.2) is 36.5 Å². The van der Waals surface area contributed by atoms with Gasteiger partial charge in [-0.1, -0.05) is 26.7 Å². The van der Waals surface area contributed by atoms with Crippen LogP contribution in [0.3, 0.4) is 0 Å². The third-order valence-corrected chi connectivity index (χ3v) is 2.10. The zero-order valence-corrected chi connectivity index (χ0v) is 9.67. The highest BCUT2D eigenvalue weighted by Crippen LogP contribution is 2.00. The maximum atomic E-state index is 8.63. The Labute approximate surface area is 88.0 Å². The molecule has 0 aliphatic rings. The van der Waals surface area contributed by atoms with Gasteiger partial charge in [-0.15, -0.1) is 0 Å². The Morgan fingerprint density at radius 2 is 1.57 bits per heavy atom. The van der Waals surface area contributed by atoms with E-state index in [0.29, 0.717) is 6.61 Å². The second kappa shape index (κ2) is 11.0. The Bertz CT molecular complexity index is 101. The van der Waals surface area contributed by atoms with Crippen LogP contribution in [0.5, 0.6) is 0 Å². The van der Waals surface area contributed by atoms with Crippen molar-refractivity contribution in [2.24, 2.45) is 0 Å². The summed E-state index contributed by atoms with van der Waals surface area (Å²) in [7, 11) is 0. The summed E-state index contributed by atoms with van der Waals surface area (Å²) in [4.78, 5) is 5.56. The van der Waals surface area contributed by atoms with E-state index in [9.17, 15) is 0 Å². The first-order chi connectivity index (χ1) is 6.85. The van der Waals surface area contributed by atoms with E-state index in [1.54, 1.807) is 0 Å². The maximum absolute atomic E-state index is 8.63. The maximum Gasteiger partial charge on any atom is 0.0706 e. The summed E-state index contributed by atoms with van der Waals surface area (Å²) < 4.78 is 0. The summed E-state index contributed by atoms with van der Waals surface area (Å²) in [6.07, 6.45) is 5.50. The summed E-state index contributed by atoms with van der Waals surface area (Å²) >= 11 is 0. The number of aliphatic hydroxyl groups excluding tert-OH is 1. The molecule has 0 aromatic carbocycles. The molecule has 0 amide bonds. The molecule has 0 rings (SSSR count). The lowest BCUT2D eigenvalue weighted by atomic mass is 10.3. The Morgan fingerprint density at radius 3 is 2.00 bits per heavy atom. The minimum atomic E-state index is 0.218. The van der Waals surface area contributed by atoms with Crippen molar-refractivity contribution < 1.29 is 9.94 Å². The van der Waals surface area contributed by atoms with Crippen LogP contribution in [-0.2, 0) is 4.84 Å². The van der Waals surface area contributed by atoms with Crippen LogP contribution in [0.2, 0.25) is 0 Å². The summed E-state index contributed by atoms with van der Waals surface area (Å²) in [5.41, 5.74) is 0. The number of rotatable bonds is 10. The highest BCUT2D eigenvalue weighted by Gasteiger charge is 2.03. The predicted octanol–water partition coefficient (Wildman–Crippen LogP) is 2.20. The molecule has 0 unspecified atom stereocenters. The van der Waals surface area contributed by atoms with Gasteiger partial charge < -0.3 is 5.11 Å². The van der Waals surface area contributed by atoms with Gasteiger partial charge >= 0.3 is 0 Å². The molecular formula is C11H25NO2. The van der Waals surface area contributed by atoms with Gasteiger partial charge in [0.05, 0.1) is 6.61 Å². The van der Waals surface area contributed by atoms with E-state index < -0.39 is 0 Å². The van der Waals surface area contributed by atoms with E-state index in [1.807, 2.05) is 5.06 Å². The van der Waals surface area contributed by atoms with Gasteiger partial charge in [0.2, 0.25) is 0 Å². The van der Waals surface area contributed by atoms with Gasteiger partial charge in [-0.3, -0.25) is 4.84 Å². The topological polar surface area (TPSA) is 32.7 Å². The summed E-state index contributed by atoms with van der Waals surface area (Å²) in [5, 5.41) is 10.7. The van der Waals surface area contributed by atoms with Gasteiger partial charge in [0.25, 0.3) is 0 Å². The lowest BCUT2D eigenvalue weighted by Crippen LogP contribution is -2.27. The quantitative estimate of drug-likeness (QED) is 0.436. The van der Waals surface area contributed by atoms with Gasteiger partial charge in [-0.2, -0.15) is 5.06 Å². The van der Waals surface area contributed by atoms with Crippen LogP contribution in [0, 0.1) is 0 Å². The molecule has 86 valence electrons.